The maximum atomic E-state index is 11.6. The van der Waals surface area contributed by atoms with Crippen LogP contribution >= 0.6 is 0 Å². The molecule has 1 saturated heterocycles. The number of aliphatic hydroxyl groups excluding tert-OH is 1. The second kappa shape index (κ2) is 3.46. The topological polar surface area (TPSA) is 95.9 Å². The lowest BCUT2D eigenvalue weighted by molar-refractivity contribution is -0.166. The number of aliphatic hydroxyl groups is 2. The Morgan fingerprint density at radius 1 is 1.67 bits per heavy atom. The minimum atomic E-state index is -1.78. The average molecular weight is 217 g/mol. The van der Waals surface area contributed by atoms with Crippen LogP contribution in [0.3, 0.4) is 0 Å². The van der Waals surface area contributed by atoms with E-state index in [1.807, 2.05) is 0 Å². The maximum absolute atomic E-state index is 11.6. The minimum Gasteiger partial charge on any atom is -0.467 e. The normalized spacial score (nSPS) is 37.3. The van der Waals surface area contributed by atoms with E-state index in [4.69, 9.17) is 0 Å². The Bertz CT molecular complexity index is 299. The molecule has 0 bridgehead atoms. The molecule has 1 heterocycles. The van der Waals surface area contributed by atoms with E-state index in [9.17, 15) is 19.8 Å². The first-order chi connectivity index (χ1) is 6.78. The Balaban J connectivity index is 3.22. The second-order valence-electron chi connectivity index (χ2n) is 3.97. The summed E-state index contributed by atoms with van der Waals surface area (Å²) in [6.07, 6.45) is -1.49. The van der Waals surface area contributed by atoms with Crippen LogP contribution in [0.5, 0.6) is 0 Å². The predicted molar refractivity (Wildman–Crippen MR) is 49.8 cm³/mol. The summed E-state index contributed by atoms with van der Waals surface area (Å²) < 4.78 is 4.51. The van der Waals surface area contributed by atoms with Crippen LogP contribution < -0.4 is 5.32 Å². The van der Waals surface area contributed by atoms with Crippen LogP contribution in [0.15, 0.2) is 0 Å². The zero-order valence-electron chi connectivity index (χ0n) is 8.90. The monoisotopic (exact) mass is 217 g/mol. The van der Waals surface area contributed by atoms with Gasteiger partial charge in [-0.2, -0.15) is 0 Å². The molecular weight excluding hydrogens is 202 g/mol. The largest absolute Gasteiger partial charge is 0.467 e. The number of nitrogens with one attached hydrogen (secondary N) is 1. The molecule has 1 rings (SSSR count). The van der Waals surface area contributed by atoms with E-state index in [0.717, 1.165) is 7.11 Å². The van der Waals surface area contributed by atoms with Crippen molar-refractivity contribution in [2.24, 2.45) is 0 Å². The summed E-state index contributed by atoms with van der Waals surface area (Å²) in [4.78, 5) is 22.8. The molecule has 15 heavy (non-hydrogen) atoms. The molecule has 0 saturated carbocycles. The number of carbonyl (C=O) groups excluding carboxylic acids is 2. The van der Waals surface area contributed by atoms with Gasteiger partial charge in [-0.15, -0.1) is 0 Å². The van der Waals surface area contributed by atoms with Crippen molar-refractivity contribution >= 4 is 11.9 Å². The van der Waals surface area contributed by atoms with Crippen LogP contribution in [-0.2, 0) is 14.3 Å². The van der Waals surface area contributed by atoms with Gasteiger partial charge in [0.2, 0.25) is 5.91 Å². The highest BCUT2D eigenvalue weighted by molar-refractivity contribution is 5.95. The molecule has 1 fully saturated rings. The lowest BCUT2D eigenvalue weighted by atomic mass is 9.78. The SMILES string of the molecule is COC(=O)[C@]1([C@@H](C)O)NC(=O)C[C@@]1(C)O. The third-order valence-corrected chi connectivity index (χ3v) is 2.82. The Labute approximate surface area is 87.2 Å². The van der Waals surface area contributed by atoms with Crippen molar-refractivity contribution in [2.75, 3.05) is 7.11 Å². The van der Waals surface area contributed by atoms with Gasteiger partial charge in [-0.25, -0.2) is 4.79 Å². The van der Waals surface area contributed by atoms with E-state index in [-0.39, 0.29) is 6.42 Å². The van der Waals surface area contributed by atoms with Crippen molar-refractivity contribution in [1.29, 1.82) is 0 Å². The third-order valence-electron chi connectivity index (χ3n) is 2.82. The lowest BCUT2D eigenvalue weighted by Gasteiger charge is -2.38. The zero-order chi connectivity index (χ0) is 11.9. The highest BCUT2D eigenvalue weighted by Crippen LogP contribution is 2.35. The van der Waals surface area contributed by atoms with Gasteiger partial charge >= 0.3 is 5.97 Å². The molecule has 1 amide bonds. The Morgan fingerprint density at radius 2 is 2.20 bits per heavy atom. The molecule has 0 aromatic rings. The molecule has 1 aliphatic rings. The van der Waals surface area contributed by atoms with Crippen LogP contribution in [0, 0.1) is 0 Å². The van der Waals surface area contributed by atoms with Crippen molar-refractivity contribution in [3.63, 3.8) is 0 Å². The fraction of sp³-hybridized carbons (Fsp3) is 0.778. The van der Waals surface area contributed by atoms with Gasteiger partial charge in [-0.1, -0.05) is 0 Å². The summed E-state index contributed by atoms with van der Waals surface area (Å²) in [5, 5.41) is 21.9. The molecule has 3 N–H and O–H groups in total. The maximum Gasteiger partial charge on any atom is 0.337 e. The van der Waals surface area contributed by atoms with Gasteiger partial charge < -0.3 is 20.3 Å². The van der Waals surface area contributed by atoms with Crippen LogP contribution in [-0.4, -0.2) is 46.4 Å². The molecule has 0 aromatic carbocycles. The van der Waals surface area contributed by atoms with Crippen LogP contribution in [0.25, 0.3) is 0 Å². The van der Waals surface area contributed by atoms with Crippen LogP contribution in [0.2, 0.25) is 0 Å². The second-order valence-corrected chi connectivity index (χ2v) is 3.97. The Morgan fingerprint density at radius 3 is 2.47 bits per heavy atom. The summed E-state index contributed by atoms with van der Waals surface area (Å²) in [5.74, 6) is -1.35. The number of carbonyl (C=O) groups is 2. The molecule has 3 atom stereocenters. The minimum absolute atomic E-state index is 0.243. The molecule has 0 radical (unpaired) electrons. The van der Waals surface area contributed by atoms with Gasteiger partial charge in [0, 0.05) is 0 Å². The third kappa shape index (κ3) is 1.49. The molecule has 86 valence electrons. The number of amides is 1. The number of rotatable bonds is 2. The summed E-state index contributed by atoms with van der Waals surface area (Å²) in [6, 6.07) is 0. The van der Waals surface area contributed by atoms with E-state index in [1.165, 1.54) is 13.8 Å². The van der Waals surface area contributed by atoms with Gasteiger partial charge in [0.05, 0.1) is 19.6 Å². The molecule has 1 aliphatic heterocycles. The molecule has 0 aromatic heterocycles. The first-order valence-electron chi connectivity index (χ1n) is 4.58. The number of hydrogen-bond acceptors (Lipinski definition) is 5. The smallest absolute Gasteiger partial charge is 0.337 e. The van der Waals surface area contributed by atoms with E-state index in [1.54, 1.807) is 0 Å². The standard InChI is InChI=1S/C9H15NO5/c1-5(11)9(7(13)15-3)8(2,14)4-6(12)10-9/h5,11,14H,4H2,1-3H3,(H,10,12)/t5-,8-,9+/m1/s1. The number of methoxy groups -OCH3 is 1. The first kappa shape index (κ1) is 11.9. The highest BCUT2D eigenvalue weighted by Gasteiger charge is 2.63. The molecule has 6 heteroatoms. The van der Waals surface area contributed by atoms with Gasteiger partial charge in [-0.05, 0) is 13.8 Å². The molecule has 6 nitrogen and oxygen atoms in total. The highest BCUT2D eigenvalue weighted by atomic mass is 16.5. The lowest BCUT2D eigenvalue weighted by Crippen LogP contribution is -2.67. The van der Waals surface area contributed by atoms with Gasteiger partial charge in [0.15, 0.2) is 5.54 Å². The zero-order valence-corrected chi connectivity index (χ0v) is 8.90. The molecule has 0 spiro atoms. The molecular formula is C9H15NO5. The predicted octanol–water partition coefficient (Wildman–Crippen LogP) is -1.45. The average Bonchev–Trinajstić information content (AvgIpc) is 2.34. The number of hydrogen-bond donors (Lipinski definition) is 3. The fourth-order valence-corrected chi connectivity index (χ4v) is 2.01. The van der Waals surface area contributed by atoms with Crippen LogP contribution in [0.4, 0.5) is 0 Å². The van der Waals surface area contributed by atoms with E-state index in [0.29, 0.717) is 0 Å². The quantitative estimate of drug-likeness (QED) is 0.492. The number of esters is 1. The summed E-state index contributed by atoms with van der Waals surface area (Å²) in [7, 11) is 1.13. The Hall–Kier alpha value is -1.14. The van der Waals surface area contributed by atoms with Crippen molar-refractivity contribution in [3.05, 3.63) is 0 Å². The summed E-state index contributed by atoms with van der Waals surface area (Å²) in [5.41, 5.74) is -3.44. The van der Waals surface area contributed by atoms with Crippen molar-refractivity contribution in [3.8, 4) is 0 Å². The van der Waals surface area contributed by atoms with Gasteiger partial charge in [0.1, 0.15) is 5.60 Å². The van der Waals surface area contributed by atoms with Gasteiger partial charge in [-0.3, -0.25) is 4.79 Å². The number of ether oxygens (including phenoxy) is 1. The van der Waals surface area contributed by atoms with Crippen molar-refractivity contribution in [2.45, 2.75) is 37.5 Å². The Kier molecular flexibility index (Phi) is 2.75. The fourth-order valence-electron chi connectivity index (χ4n) is 2.01. The summed E-state index contributed by atoms with van der Waals surface area (Å²) in [6.45, 7) is 2.63. The summed E-state index contributed by atoms with van der Waals surface area (Å²) >= 11 is 0. The van der Waals surface area contributed by atoms with Crippen molar-refractivity contribution in [1.82, 2.24) is 5.32 Å². The van der Waals surface area contributed by atoms with E-state index >= 15 is 0 Å². The van der Waals surface area contributed by atoms with E-state index < -0.39 is 29.1 Å². The van der Waals surface area contributed by atoms with Crippen molar-refractivity contribution < 1.29 is 24.5 Å². The molecule has 0 aliphatic carbocycles. The van der Waals surface area contributed by atoms with E-state index in [2.05, 4.69) is 10.1 Å². The molecule has 0 unspecified atom stereocenters. The first-order valence-corrected chi connectivity index (χ1v) is 4.58. The van der Waals surface area contributed by atoms with Gasteiger partial charge in [0.25, 0.3) is 0 Å². The van der Waals surface area contributed by atoms with Crippen LogP contribution in [0.1, 0.15) is 20.3 Å².